The first-order valence-electron chi connectivity index (χ1n) is 12.5. The third kappa shape index (κ3) is 6.04. The number of carbonyl (C=O) groups excluding carboxylic acids is 1. The molecule has 40 heavy (non-hydrogen) atoms. The van der Waals surface area contributed by atoms with E-state index in [1.807, 2.05) is 60.7 Å². The fourth-order valence-electron chi connectivity index (χ4n) is 4.42. The van der Waals surface area contributed by atoms with E-state index in [2.05, 4.69) is 6.07 Å². The molecule has 0 aliphatic carbocycles. The first-order chi connectivity index (χ1) is 19.4. The lowest BCUT2D eigenvalue weighted by molar-refractivity contribution is -0.133. The van der Waals surface area contributed by atoms with Gasteiger partial charge in [-0.05, 0) is 59.2 Å². The average Bonchev–Trinajstić information content (AvgIpc) is 2.97. The van der Waals surface area contributed by atoms with Crippen molar-refractivity contribution in [3.8, 4) is 29.1 Å². The molecule has 0 saturated heterocycles. The van der Waals surface area contributed by atoms with Crippen molar-refractivity contribution in [2.75, 3.05) is 7.11 Å². The van der Waals surface area contributed by atoms with E-state index in [0.717, 1.165) is 22.3 Å². The van der Waals surface area contributed by atoms with Crippen LogP contribution in [0.15, 0.2) is 102 Å². The Morgan fingerprint density at radius 1 is 0.925 bits per heavy atom. The summed E-state index contributed by atoms with van der Waals surface area (Å²) in [4.78, 5) is 12.6. The second-order valence-electron chi connectivity index (χ2n) is 9.11. The molecule has 0 amide bonds. The van der Waals surface area contributed by atoms with Gasteiger partial charge in [-0.15, -0.1) is 0 Å². The molecule has 0 radical (unpaired) electrons. The Morgan fingerprint density at radius 2 is 1.57 bits per heavy atom. The van der Waals surface area contributed by atoms with E-state index in [4.69, 9.17) is 36.3 Å². The molecular weight excluding hydrogens is 528 g/mol. The number of carbonyl (C=O) groups is 1. The summed E-state index contributed by atoms with van der Waals surface area (Å²) < 4.78 is 22.4. The molecule has 1 aliphatic rings. The molecule has 8 heteroatoms. The number of rotatable bonds is 8. The van der Waals surface area contributed by atoms with Crippen LogP contribution in [0.2, 0.25) is 5.02 Å². The van der Waals surface area contributed by atoms with E-state index in [1.165, 1.54) is 0 Å². The van der Waals surface area contributed by atoms with Gasteiger partial charge in [-0.1, -0.05) is 54.1 Å². The Balaban J connectivity index is 1.32. The topological polar surface area (TPSA) is 104 Å². The first-order valence-corrected chi connectivity index (χ1v) is 12.8. The third-order valence-corrected chi connectivity index (χ3v) is 6.71. The molecular formula is C32H25ClN2O5. The average molecular weight is 553 g/mol. The van der Waals surface area contributed by atoms with Gasteiger partial charge in [0, 0.05) is 16.7 Å². The van der Waals surface area contributed by atoms with Gasteiger partial charge >= 0.3 is 5.97 Å². The molecule has 1 unspecified atom stereocenters. The van der Waals surface area contributed by atoms with Crippen molar-refractivity contribution in [3.05, 3.63) is 130 Å². The SMILES string of the molecule is COc1ccc(CC(=O)Oc2ccc3c(c2)OC(N)=C(C#N)C3c2ccc(OCc3ccc(Cl)cc3)cc2)cc1. The molecule has 0 bridgehead atoms. The first kappa shape index (κ1) is 26.7. The van der Waals surface area contributed by atoms with Crippen LogP contribution in [0.3, 0.4) is 0 Å². The quantitative estimate of drug-likeness (QED) is 0.202. The summed E-state index contributed by atoms with van der Waals surface area (Å²) in [6, 6.07) is 29.4. The summed E-state index contributed by atoms with van der Waals surface area (Å²) in [5.74, 6) is 1.25. The van der Waals surface area contributed by atoms with Crippen molar-refractivity contribution in [1.82, 2.24) is 0 Å². The molecule has 1 heterocycles. The van der Waals surface area contributed by atoms with Crippen LogP contribution < -0.4 is 24.7 Å². The zero-order valence-corrected chi connectivity index (χ0v) is 22.4. The molecule has 5 rings (SSSR count). The highest BCUT2D eigenvalue weighted by atomic mass is 35.5. The number of halogens is 1. The number of nitrogens with zero attached hydrogens (tertiary/aromatic N) is 1. The number of ether oxygens (including phenoxy) is 4. The maximum Gasteiger partial charge on any atom is 0.315 e. The van der Waals surface area contributed by atoms with E-state index in [-0.39, 0.29) is 12.3 Å². The second kappa shape index (κ2) is 11.9. The third-order valence-electron chi connectivity index (χ3n) is 6.46. The molecule has 1 atom stereocenters. The zero-order chi connectivity index (χ0) is 28.1. The van der Waals surface area contributed by atoms with Gasteiger partial charge in [0.15, 0.2) is 0 Å². The van der Waals surface area contributed by atoms with Crippen LogP contribution >= 0.6 is 11.6 Å². The number of methoxy groups -OCH3 is 1. The summed E-state index contributed by atoms with van der Waals surface area (Å²) >= 11 is 5.95. The Morgan fingerprint density at radius 3 is 2.25 bits per heavy atom. The molecule has 7 nitrogen and oxygen atoms in total. The van der Waals surface area contributed by atoms with Gasteiger partial charge < -0.3 is 24.7 Å². The van der Waals surface area contributed by atoms with Crippen molar-refractivity contribution >= 4 is 17.6 Å². The molecule has 4 aromatic rings. The van der Waals surface area contributed by atoms with Crippen LogP contribution in [0.25, 0.3) is 0 Å². The van der Waals surface area contributed by atoms with E-state index in [1.54, 1.807) is 37.4 Å². The molecule has 0 fully saturated rings. The lowest BCUT2D eigenvalue weighted by atomic mass is 9.83. The summed E-state index contributed by atoms with van der Waals surface area (Å²) in [5, 5.41) is 10.5. The Bertz CT molecular complexity index is 1590. The Labute approximate surface area is 236 Å². The van der Waals surface area contributed by atoms with Gasteiger partial charge in [-0.25, -0.2) is 0 Å². The number of fused-ring (bicyclic) bond motifs is 1. The smallest absolute Gasteiger partial charge is 0.315 e. The molecule has 0 aromatic heterocycles. The van der Waals surface area contributed by atoms with Gasteiger partial charge in [-0.3, -0.25) is 4.79 Å². The fourth-order valence-corrected chi connectivity index (χ4v) is 4.55. The normalized spacial score (nSPS) is 14.0. The Kier molecular flexibility index (Phi) is 7.90. The minimum Gasteiger partial charge on any atom is -0.497 e. The van der Waals surface area contributed by atoms with Crippen LogP contribution in [0.4, 0.5) is 0 Å². The molecule has 200 valence electrons. The number of hydrogen-bond acceptors (Lipinski definition) is 7. The lowest BCUT2D eigenvalue weighted by Crippen LogP contribution is -2.21. The summed E-state index contributed by atoms with van der Waals surface area (Å²) in [6.07, 6.45) is 0.0949. The number of esters is 1. The van der Waals surface area contributed by atoms with E-state index in [0.29, 0.717) is 40.2 Å². The molecule has 1 aliphatic heterocycles. The summed E-state index contributed by atoms with van der Waals surface area (Å²) in [6.45, 7) is 0.396. The van der Waals surface area contributed by atoms with E-state index >= 15 is 0 Å². The van der Waals surface area contributed by atoms with Crippen LogP contribution in [0.1, 0.15) is 28.2 Å². The number of nitriles is 1. The Hall–Kier alpha value is -4.93. The molecule has 2 N–H and O–H groups in total. The van der Waals surface area contributed by atoms with Gasteiger partial charge in [0.25, 0.3) is 0 Å². The predicted octanol–water partition coefficient (Wildman–Crippen LogP) is 6.29. The standard InChI is InChI=1S/C32H25ClN2O5/c1-37-24-10-4-20(5-11-24)16-30(36)39-26-14-15-27-29(17-26)40-32(35)28(18-34)31(27)22-6-12-25(13-7-22)38-19-21-2-8-23(33)9-3-21/h2-15,17,31H,16,19,35H2,1H3. The number of nitrogens with two attached hydrogens (primary N) is 1. The molecule has 0 spiro atoms. The maximum atomic E-state index is 12.6. The largest absolute Gasteiger partial charge is 0.497 e. The summed E-state index contributed by atoms with van der Waals surface area (Å²) in [5.41, 5.74) is 9.81. The van der Waals surface area contributed by atoms with E-state index in [9.17, 15) is 10.1 Å². The monoisotopic (exact) mass is 552 g/mol. The van der Waals surface area contributed by atoms with Crippen molar-refractivity contribution in [2.45, 2.75) is 18.9 Å². The number of benzene rings is 4. The molecule has 4 aromatic carbocycles. The van der Waals surface area contributed by atoms with Crippen LogP contribution in [0, 0.1) is 11.3 Å². The zero-order valence-electron chi connectivity index (χ0n) is 21.6. The van der Waals surface area contributed by atoms with E-state index < -0.39 is 11.9 Å². The summed E-state index contributed by atoms with van der Waals surface area (Å²) in [7, 11) is 1.58. The van der Waals surface area contributed by atoms with Crippen LogP contribution in [0.5, 0.6) is 23.0 Å². The van der Waals surface area contributed by atoms with Crippen molar-refractivity contribution in [1.29, 1.82) is 5.26 Å². The maximum absolute atomic E-state index is 12.6. The minimum absolute atomic E-state index is 0.00442. The van der Waals surface area contributed by atoms with Crippen LogP contribution in [-0.2, 0) is 17.8 Å². The van der Waals surface area contributed by atoms with Gasteiger partial charge in [0.05, 0.1) is 19.4 Å². The highest BCUT2D eigenvalue weighted by molar-refractivity contribution is 6.30. The van der Waals surface area contributed by atoms with Crippen LogP contribution in [-0.4, -0.2) is 13.1 Å². The lowest BCUT2D eigenvalue weighted by Gasteiger charge is -2.26. The van der Waals surface area contributed by atoms with Gasteiger partial charge in [-0.2, -0.15) is 5.26 Å². The highest BCUT2D eigenvalue weighted by Crippen LogP contribution is 2.43. The fraction of sp³-hybridized carbons (Fsp3) is 0.125. The minimum atomic E-state index is -0.455. The van der Waals surface area contributed by atoms with Crippen molar-refractivity contribution in [2.24, 2.45) is 5.73 Å². The number of hydrogen-bond donors (Lipinski definition) is 1. The van der Waals surface area contributed by atoms with Crippen molar-refractivity contribution < 1.29 is 23.7 Å². The highest BCUT2D eigenvalue weighted by Gasteiger charge is 2.31. The number of allylic oxidation sites excluding steroid dienone is 1. The second-order valence-corrected chi connectivity index (χ2v) is 9.54. The molecule has 0 saturated carbocycles. The van der Waals surface area contributed by atoms with Gasteiger partial charge in [0.1, 0.15) is 41.2 Å². The predicted molar refractivity (Wildman–Crippen MR) is 150 cm³/mol. The van der Waals surface area contributed by atoms with Gasteiger partial charge in [0.2, 0.25) is 5.88 Å². The van der Waals surface area contributed by atoms with Crippen molar-refractivity contribution in [3.63, 3.8) is 0 Å².